The summed E-state index contributed by atoms with van der Waals surface area (Å²) in [7, 11) is 0. The molecule has 0 saturated heterocycles. The number of alkyl halides is 3. The lowest BCUT2D eigenvalue weighted by molar-refractivity contribution is -0.137. The summed E-state index contributed by atoms with van der Waals surface area (Å²) in [5.41, 5.74) is -0.319. The van der Waals surface area contributed by atoms with E-state index in [0.29, 0.717) is 4.47 Å². The van der Waals surface area contributed by atoms with Gasteiger partial charge in [0, 0.05) is 10.0 Å². The van der Waals surface area contributed by atoms with Crippen molar-refractivity contribution in [2.45, 2.75) is 6.18 Å². The van der Waals surface area contributed by atoms with Crippen molar-refractivity contribution in [3.63, 3.8) is 0 Å². The zero-order valence-corrected chi connectivity index (χ0v) is 15.0. The highest BCUT2D eigenvalue weighted by atomic mass is 79.9. The van der Waals surface area contributed by atoms with Gasteiger partial charge in [0.1, 0.15) is 0 Å². The number of carbonyl (C=O) groups is 1. The number of rotatable bonds is 3. The third-order valence-corrected chi connectivity index (χ3v) is 4.10. The van der Waals surface area contributed by atoms with Crippen LogP contribution in [0, 0.1) is 0 Å². The molecule has 3 rings (SSSR count). The molecule has 0 aliphatic carbocycles. The Morgan fingerprint density at radius 2 is 1.81 bits per heavy atom. The number of aromatic nitrogens is 2. The zero-order valence-electron chi connectivity index (χ0n) is 12.6. The van der Waals surface area contributed by atoms with E-state index in [1.807, 2.05) is 0 Å². The third-order valence-electron chi connectivity index (χ3n) is 3.28. The fourth-order valence-electron chi connectivity index (χ4n) is 2.03. The van der Waals surface area contributed by atoms with Gasteiger partial charge in [0.15, 0.2) is 0 Å². The molecule has 26 heavy (non-hydrogen) atoms. The van der Waals surface area contributed by atoms with Gasteiger partial charge in [-0.3, -0.25) is 10.1 Å². The molecule has 0 radical (unpaired) electrons. The SMILES string of the molecule is O=C(Nc1nnc(-c2ccc(C(F)(F)F)cc2)o1)c1cc(Br)ccc1Cl. The summed E-state index contributed by atoms with van der Waals surface area (Å²) >= 11 is 9.20. The van der Waals surface area contributed by atoms with E-state index in [0.717, 1.165) is 12.1 Å². The summed E-state index contributed by atoms with van der Waals surface area (Å²) in [6.45, 7) is 0. The highest BCUT2D eigenvalue weighted by Gasteiger charge is 2.30. The van der Waals surface area contributed by atoms with Crippen molar-refractivity contribution in [3.05, 3.63) is 63.1 Å². The number of amides is 1. The maximum atomic E-state index is 12.6. The van der Waals surface area contributed by atoms with Crippen LogP contribution < -0.4 is 5.32 Å². The first-order valence-electron chi connectivity index (χ1n) is 7.01. The van der Waals surface area contributed by atoms with E-state index < -0.39 is 17.6 Å². The number of carbonyl (C=O) groups excluding carboxylic acids is 1. The number of anilines is 1. The summed E-state index contributed by atoms with van der Waals surface area (Å²) in [6, 6.07) is 8.74. The van der Waals surface area contributed by atoms with Gasteiger partial charge in [-0.05, 0) is 42.5 Å². The van der Waals surface area contributed by atoms with Gasteiger partial charge in [-0.25, -0.2) is 0 Å². The Morgan fingerprint density at radius 3 is 2.46 bits per heavy atom. The Kier molecular flexibility index (Phi) is 5.01. The smallest absolute Gasteiger partial charge is 0.403 e. The predicted octanol–water partition coefficient (Wildman–Crippen LogP) is 5.42. The van der Waals surface area contributed by atoms with Crippen LogP contribution in [0.4, 0.5) is 19.2 Å². The molecule has 134 valence electrons. The molecule has 0 atom stereocenters. The van der Waals surface area contributed by atoms with Gasteiger partial charge in [0.25, 0.3) is 5.91 Å². The number of hydrogen-bond donors (Lipinski definition) is 1. The minimum absolute atomic E-state index is 0.0330. The van der Waals surface area contributed by atoms with E-state index in [2.05, 4.69) is 31.4 Å². The molecule has 0 spiro atoms. The number of benzene rings is 2. The van der Waals surface area contributed by atoms with Crippen molar-refractivity contribution in [1.29, 1.82) is 0 Å². The van der Waals surface area contributed by atoms with Gasteiger partial charge in [-0.1, -0.05) is 32.6 Å². The molecule has 0 aliphatic rings. The van der Waals surface area contributed by atoms with Gasteiger partial charge < -0.3 is 4.42 Å². The van der Waals surface area contributed by atoms with Crippen LogP contribution in [0.25, 0.3) is 11.5 Å². The molecule has 1 aromatic heterocycles. The van der Waals surface area contributed by atoms with Crippen molar-refractivity contribution < 1.29 is 22.4 Å². The van der Waals surface area contributed by atoms with Crippen LogP contribution in [0.1, 0.15) is 15.9 Å². The summed E-state index contributed by atoms with van der Waals surface area (Å²) in [4.78, 5) is 12.2. The zero-order chi connectivity index (χ0) is 18.9. The second kappa shape index (κ2) is 7.08. The van der Waals surface area contributed by atoms with Crippen molar-refractivity contribution in [1.82, 2.24) is 10.2 Å². The molecule has 5 nitrogen and oxygen atoms in total. The van der Waals surface area contributed by atoms with E-state index in [1.165, 1.54) is 18.2 Å². The van der Waals surface area contributed by atoms with E-state index >= 15 is 0 Å². The topological polar surface area (TPSA) is 68.0 Å². The van der Waals surface area contributed by atoms with Crippen LogP contribution in [-0.2, 0) is 6.18 Å². The van der Waals surface area contributed by atoms with Gasteiger partial charge in [-0.15, -0.1) is 5.10 Å². The van der Waals surface area contributed by atoms with Crippen molar-refractivity contribution in [2.24, 2.45) is 0 Å². The number of halogens is 5. The highest BCUT2D eigenvalue weighted by molar-refractivity contribution is 9.10. The standard InChI is InChI=1S/C16H8BrClF3N3O2/c17-10-5-6-12(18)11(7-10)13(25)22-15-24-23-14(26-15)8-1-3-9(4-2-8)16(19,20)21/h1-7H,(H,22,24,25). The second-order valence-corrected chi connectivity index (χ2v) is 6.39. The second-order valence-electron chi connectivity index (χ2n) is 5.07. The molecule has 0 aliphatic heterocycles. The van der Waals surface area contributed by atoms with Crippen molar-refractivity contribution in [3.8, 4) is 11.5 Å². The minimum Gasteiger partial charge on any atom is -0.403 e. The van der Waals surface area contributed by atoms with Crippen LogP contribution in [0.2, 0.25) is 5.02 Å². The monoisotopic (exact) mass is 445 g/mol. The molecule has 0 saturated carbocycles. The summed E-state index contributed by atoms with van der Waals surface area (Å²) in [5, 5.41) is 9.98. The van der Waals surface area contributed by atoms with Crippen molar-refractivity contribution in [2.75, 3.05) is 5.32 Å². The van der Waals surface area contributed by atoms with Crippen LogP contribution in [0.3, 0.4) is 0 Å². The predicted molar refractivity (Wildman–Crippen MR) is 91.8 cm³/mol. The lowest BCUT2D eigenvalue weighted by Gasteiger charge is -2.06. The lowest BCUT2D eigenvalue weighted by Crippen LogP contribution is -2.12. The van der Waals surface area contributed by atoms with Gasteiger partial charge >= 0.3 is 12.2 Å². The van der Waals surface area contributed by atoms with Gasteiger partial charge in [-0.2, -0.15) is 13.2 Å². The molecular formula is C16H8BrClF3N3O2. The number of nitrogens with zero attached hydrogens (tertiary/aromatic N) is 2. The largest absolute Gasteiger partial charge is 0.416 e. The molecular weight excluding hydrogens is 439 g/mol. The van der Waals surface area contributed by atoms with E-state index in [-0.39, 0.29) is 28.1 Å². The summed E-state index contributed by atoms with van der Waals surface area (Å²) in [5.74, 6) is -0.603. The molecule has 1 heterocycles. The van der Waals surface area contributed by atoms with Crippen LogP contribution >= 0.6 is 27.5 Å². The van der Waals surface area contributed by atoms with E-state index in [4.69, 9.17) is 16.0 Å². The van der Waals surface area contributed by atoms with Crippen LogP contribution in [-0.4, -0.2) is 16.1 Å². The third kappa shape index (κ3) is 4.05. The molecule has 0 bridgehead atoms. The van der Waals surface area contributed by atoms with Gasteiger partial charge in [0.2, 0.25) is 5.89 Å². The first kappa shape index (κ1) is 18.4. The normalized spacial score (nSPS) is 11.4. The first-order chi connectivity index (χ1) is 12.2. The Balaban J connectivity index is 1.78. The first-order valence-corrected chi connectivity index (χ1v) is 8.18. The van der Waals surface area contributed by atoms with Crippen LogP contribution in [0.5, 0.6) is 0 Å². The summed E-state index contributed by atoms with van der Waals surface area (Å²) in [6.07, 6.45) is -4.43. The Morgan fingerprint density at radius 1 is 1.12 bits per heavy atom. The Hall–Kier alpha value is -2.39. The highest BCUT2D eigenvalue weighted by Crippen LogP contribution is 2.31. The average molecular weight is 447 g/mol. The molecule has 3 aromatic rings. The minimum atomic E-state index is -4.43. The molecule has 0 unspecified atom stereocenters. The van der Waals surface area contributed by atoms with Crippen molar-refractivity contribution >= 4 is 39.5 Å². The van der Waals surface area contributed by atoms with Gasteiger partial charge in [0.05, 0.1) is 16.1 Å². The number of nitrogens with one attached hydrogen (secondary N) is 1. The summed E-state index contributed by atoms with van der Waals surface area (Å²) < 4.78 is 43.7. The maximum Gasteiger partial charge on any atom is 0.416 e. The lowest BCUT2D eigenvalue weighted by atomic mass is 10.1. The molecule has 1 amide bonds. The van der Waals surface area contributed by atoms with E-state index in [9.17, 15) is 18.0 Å². The fourth-order valence-corrected chi connectivity index (χ4v) is 2.59. The molecule has 0 fully saturated rings. The van der Waals surface area contributed by atoms with E-state index in [1.54, 1.807) is 12.1 Å². The fraction of sp³-hybridized carbons (Fsp3) is 0.0625. The maximum absolute atomic E-state index is 12.6. The average Bonchev–Trinajstić information content (AvgIpc) is 3.05. The quantitative estimate of drug-likeness (QED) is 0.583. The Bertz CT molecular complexity index is 958. The molecule has 1 N–H and O–H groups in total. The molecule has 2 aromatic carbocycles. The molecule has 10 heteroatoms. The Labute approximate surface area is 158 Å². The van der Waals surface area contributed by atoms with Crippen LogP contribution in [0.15, 0.2) is 51.4 Å². The number of hydrogen-bond acceptors (Lipinski definition) is 4.